The number of methoxy groups -OCH3 is 2. The van der Waals surface area contributed by atoms with Crippen molar-refractivity contribution in [2.24, 2.45) is 0 Å². The Morgan fingerprint density at radius 1 is 1.14 bits per heavy atom. The summed E-state index contributed by atoms with van der Waals surface area (Å²) in [5, 5.41) is 0. The standard InChI is InChI=1S/C7H9NO6/c1-4-8(5(9)12-2)6(10)14-7(11)13-3/h4H,1H2,2-3H3. The highest BCUT2D eigenvalue weighted by Crippen LogP contribution is 1.99. The summed E-state index contributed by atoms with van der Waals surface area (Å²) in [5.74, 6) is 0. The maximum Gasteiger partial charge on any atom is 0.517 e. The van der Waals surface area contributed by atoms with Crippen molar-refractivity contribution < 1.29 is 28.6 Å². The van der Waals surface area contributed by atoms with Crippen molar-refractivity contribution in [3.63, 3.8) is 0 Å². The lowest BCUT2D eigenvalue weighted by molar-refractivity contribution is 0.0768. The Labute approximate surface area is 79.8 Å². The van der Waals surface area contributed by atoms with Crippen LogP contribution in [0, 0.1) is 0 Å². The summed E-state index contributed by atoms with van der Waals surface area (Å²) in [6, 6.07) is 0. The van der Waals surface area contributed by atoms with Crippen LogP contribution >= 0.6 is 0 Å². The van der Waals surface area contributed by atoms with Crippen LogP contribution in [0.2, 0.25) is 0 Å². The van der Waals surface area contributed by atoms with Crippen LogP contribution in [0.1, 0.15) is 0 Å². The summed E-state index contributed by atoms with van der Waals surface area (Å²) in [6.45, 7) is 3.16. The van der Waals surface area contributed by atoms with Crippen LogP contribution in [0.5, 0.6) is 0 Å². The number of rotatable bonds is 1. The van der Waals surface area contributed by atoms with Crippen LogP contribution in [0.4, 0.5) is 14.4 Å². The van der Waals surface area contributed by atoms with E-state index in [-0.39, 0.29) is 0 Å². The van der Waals surface area contributed by atoms with Gasteiger partial charge in [-0.1, -0.05) is 6.58 Å². The smallest absolute Gasteiger partial charge is 0.452 e. The molecule has 0 radical (unpaired) electrons. The normalized spacial score (nSPS) is 8.43. The van der Waals surface area contributed by atoms with Crippen LogP contribution in [-0.4, -0.2) is 37.5 Å². The van der Waals surface area contributed by atoms with E-state index in [0.717, 1.165) is 20.4 Å². The van der Waals surface area contributed by atoms with Crippen LogP contribution in [0.25, 0.3) is 0 Å². The number of amides is 2. The topological polar surface area (TPSA) is 82.1 Å². The molecule has 0 aliphatic rings. The van der Waals surface area contributed by atoms with Crippen molar-refractivity contribution in [1.29, 1.82) is 0 Å². The number of carbonyl (C=O) groups excluding carboxylic acids is 3. The molecule has 78 valence electrons. The van der Waals surface area contributed by atoms with Crippen molar-refractivity contribution >= 4 is 18.3 Å². The lowest BCUT2D eigenvalue weighted by Gasteiger charge is -2.12. The van der Waals surface area contributed by atoms with Crippen molar-refractivity contribution in [2.75, 3.05) is 14.2 Å². The summed E-state index contributed by atoms with van der Waals surface area (Å²) in [4.78, 5) is 32.7. The molecule has 7 nitrogen and oxygen atoms in total. The van der Waals surface area contributed by atoms with E-state index in [2.05, 4.69) is 20.8 Å². The van der Waals surface area contributed by atoms with E-state index in [9.17, 15) is 14.4 Å². The van der Waals surface area contributed by atoms with Gasteiger partial charge in [-0.25, -0.2) is 14.4 Å². The van der Waals surface area contributed by atoms with Crippen molar-refractivity contribution in [1.82, 2.24) is 4.90 Å². The minimum absolute atomic E-state index is 0.372. The minimum atomic E-state index is -1.25. The average Bonchev–Trinajstić information content (AvgIpc) is 2.18. The van der Waals surface area contributed by atoms with Crippen LogP contribution in [0.15, 0.2) is 12.8 Å². The van der Waals surface area contributed by atoms with E-state index in [4.69, 9.17) is 0 Å². The first-order valence-electron chi connectivity index (χ1n) is 3.36. The van der Waals surface area contributed by atoms with Gasteiger partial charge in [-0.15, -0.1) is 0 Å². The van der Waals surface area contributed by atoms with Gasteiger partial charge in [0, 0.05) is 6.20 Å². The summed E-state index contributed by atoms with van der Waals surface area (Å²) >= 11 is 0. The highest BCUT2D eigenvalue weighted by Gasteiger charge is 2.23. The second-order valence-electron chi connectivity index (χ2n) is 1.84. The fourth-order valence-corrected chi connectivity index (χ4v) is 0.484. The molecule has 0 saturated heterocycles. The van der Waals surface area contributed by atoms with E-state index in [1.165, 1.54) is 0 Å². The molecule has 0 aromatic rings. The SMILES string of the molecule is C=CN(C(=O)OC)C(=O)OC(=O)OC. The van der Waals surface area contributed by atoms with Gasteiger partial charge < -0.3 is 14.2 Å². The molecule has 7 heteroatoms. The zero-order valence-corrected chi connectivity index (χ0v) is 7.68. The van der Waals surface area contributed by atoms with Gasteiger partial charge in [-0.05, 0) is 0 Å². The molecule has 0 heterocycles. The highest BCUT2D eigenvalue weighted by atomic mass is 16.7. The van der Waals surface area contributed by atoms with Gasteiger partial charge in [-0.2, -0.15) is 4.90 Å². The van der Waals surface area contributed by atoms with Crippen LogP contribution in [-0.2, 0) is 14.2 Å². The Bertz CT molecular complexity index is 261. The number of hydrogen-bond donors (Lipinski definition) is 0. The maximum absolute atomic E-state index is 11.0. The molecule has 0 aliphatic carbocycles. The van der Waals surface area contributed by atoms with Crippen molar-refractivity contribution in [3.8, 4) is 0 Å². The van der Waals surface area contributed by atoms with E-state index in [0.29, 0.717) is 4.90 Å². The molecule has 0 unspecified atom stereocenters. The van der Waals surface area contributed by atoms with Gasteiger partial charge in [0.25, 0.3) is 0 Å². The predicted molar refractivity (Wildman–Crippen MR) is 43.3 cm³/mol. The highest BCUT2D eigenvalue weighted by molar-refractivity contribution is 5.93. The summed E-state index contributed by atoms with van der Waals surface area (Å²) in [5.41, 5.74) is 0. The Hall–Kier alpha value is -2.05. The van der Waals surface area contributed by atoms with Crippen molar-refractivity contribution in [3.05, 3.63) is 12.8 Å². The van der Waals surface area contributed by atoms with Crippen LogP contribution < -0.4 is 0 Å². The molecule has 0 fully saturated rings. The second kappa shape index (κ2) is 5.57. The minimum Gasteiger partial charge on any atom is -0.452 e. The van der Waals surface area contributed by atoms with Gasteiger partial charge in [0.2, 0.25) is 0 Å². The summed E-state index contributed by atoms with van der Waals surface area (Å²) in [6.07, 6.45) is -2.66. The molecule has 0 spiro atoms. The number of ether oxygens (including phenoxy) is 3. The zero-order valence-electron chi connectivity index (χ0n) is 7.68. The van der Waals surface area contributed by atoms with Gasteiger partial charge in [0.15, 0.2) is 0 Å². The molecule has 0 saturated carbocycles. The maximum atomic E-state index is 11.0. The third-order valence-electron chi connectivity index (χ3n) is 1.09. The molecule has 0 bridgehead atoms. The number of imide groups is 1. The molecule has 2 amide bonds. The van der Waals surface area contributed by atoms with Gasteiger partial charge in [0.1, 0.15) is 0 Å². The van der Waals surface area contributed by atoms with E-state index >= 15 is 0 Å². The second-order valence-corrected chi connectivity index (χ2v) is 1.84. The quantitative estimate of drug-likeness (QED) is 0.468. The summed E-state index contributed by atoms with van der Waals surface area (Å²) < 4.78 is 12.3. The van der Waals surface area contributed by atoms with E-state index in [1.54, 1.807) is 0 Å². The first kappa shape index (κ1) is 11.9. The third-order valence-corrected chi connectivity index (χ3v) is 1.09. The van der Waals surface area contributed by atoms with Crippen molar-refractivity contribution in [2.45, 2.75) is 0 Å². The fraction of sp³-hybridized carbons (Fsp3) is 0.286. The Balaban J connectivity index is 4.40. The lowest BCUT2D eigenvalue weighted by Crippen LogP contribution is -2.33. The number of carbonyl (C=O) groups is 3. The molecule has 0 N–H and O–H groups in total. The predicted octanol–water partition coefficient (Wildman–Crippen LogP) is 1.10. The molecule has 0 aliphatic heterocycles. The largest absolute Gasteiger partial charge is 0.517 e. The molecular formula is C7H9NO6. The first-order chi connectivity index (χ1) is 6.56. The van der Waals surface area contributed by atoms with Gasteiger partial charge in [0.05, 0.1) is 14.2 Å². The fourth-order valence-electron chi connectivity index (χ4n) is 0.484. The van der Waals surface area contributed by atoms with Crippen LogP contribution in [0.3, 0.4) is 0 Å². The molecule has 0 atom stereocenters. The average molecular weight is 203 g/mol. The monoisotopic (exact) mass is 203 g/mol. The number of nitrogens with zero attached hydrogens (tertiary/aromatic N) is 1. The van der Waals surface area contributed by atoms with E-state index in [1.807, 2.05) is 0 Å². The molecular weight excluding hydrogens is 194 g/mol. The lowest BCUT2D eigenvalue weighted by atomic mass is 10.7. The molecule has 14 heavy (non-hydrogen) atoms. The zero-order chi connectivity index (χ0) is 11.1. The van der Waals surface area contributed by atoms with E-state index < -0.39 is 18.3 Å². The number of hydrogen-bond acceptors (Lipinski definition) is 6. The molecule has 0 aromatic heterocycles. The van der Waals surface area contributed by atoms with Gasteiger partial charge in [-0.3, -0.25) is 0 Å². The Kier molecular flexibility index (Phi) is 4.76. The Morgan fingerprint density at radius 2 is 1.71 bits per heavy atom. The third kappa shape index (κ3) is 3.13. The summed E-state index contributed by atoms with van der Waals surface area (Å²) in [7, 11) is 2.08. The molecule has 0 rings (SSSR count). The molecule has 0 aromatic carbocycles. The first-order valence-corrected chi connectivity index (χ1v) is 3.36. The van der Waals surface area contributed by atoms with Gasteiger partial charge >= 0.3 is 18.3 Å². The Morgan fingerprint density at radius 3 is 2.07 bits per heavy atom.